The molecule has 2 rings (SSSR count). The number of carbonyl (C=O) groups excluding carboxylic acids is 3. The summed E-state index contributed by atoms with van der Waals surface area (Å²) in [6.07, 6.45) is 0.283. The van der Waals surface area contributed by atoms with Gasteiger partial charge in [0.2, 0.25) is 17.7 Å². The molecule has 6 heteroatoms. The van der Waals surface area contributed by atoms with Gasteiger partial charge in [0.25, 0.3) is 0 Å². The minimum absolute atomic E-state index is 0.0345. The molecule has 6 nitrogen and oxygen atoms in total. The second-order valence-electron chi connectivity index (χ2n) is 4.44. The van der Waals surface area contributed by atoms with E-state index < -0.39 is 0 Å². The number of hydrogen-bond donors (Lipinski definition) is 1. The van der Waals surface area contributed by atoms with Crippen LogP contribution in [0.15, 0.2) is 0 Å². The van der Waals surface area contributed by atoms with Crippen LogP contribution >= 0.6 is 0 Å². The van der Waals surface area contributed by atoms with E-state index in [0.29, 0.717) is 26.2 Å². The third-order valence-corrected chi connectivity index (χ3v) is 3.30. The average Bonchev–Trinajstić information content (AvgIpc) is 2.69. The number of nitrogens with zero attached hydrogens (tertiary/aromatic N) is 2. The molecule has 0 aromatic carbocycles. The summed E-state index contributed by atoms with van der Waals surface area (Å²) in [5.41, 5.74) is 0. The minimum Gasteiger partial charge on any atom is -0.353 e. The highest BCUT2D eigenvalue weighted by atomic mass is 16.2. The predicted octanol–water partition coefficient (Wildman–Crippen LogP) is -1.19. The molecule has 0 saturated carbocycles. The van der Waals surface area contributed by atoms with Crippen molar-refractivity contribution in [3.8, 4) is 0 Å². The Labute approximate surface area is 99.9 Å². The Bertz CT molecular complexity index is 356. The van der Waals surface area contributed by atoms with Gasteiger partial charge in [-0.3, -0.25) is 14.4 Å². The Hall–Kier alpha value is -1.59. The van der Waals surface area contributed by atoms with Gasteiger partial charge in [0.05, 0.1) is 12.5 Å². The van der Waals surface area contributed by atoms with Crippen molar-refractivity contribution in [3.63, 3.8) is 0 Å². The van der Waals surface area contributed by atoms with E-state index in [-0.39, 0.29) is 36.6 Å². The Balaban J connectivity index is 1.96. The van der Waals surface area contributed by atoms with Crippen LogP contribution < -0.4 is 5.32 Å². The monoisotopic (exact) mass is 239 g/mol. The maximum Gasteiger partial charge on any atom is 0.239 e. The molecule has 94 valence electrons. The number of rotatable bonds is 2. The smallest absolute Gasteiger partial charge is 0.239 e. The SMILES string of the molecule is CCN1CC(C(=O)N2CCNC(=O)C2)CC1=O. The van der Waals surface area contributed by atoms with Gasteiger partial charge in [-0.15, -0.1) is 0 Å². The molecule has 1 unspecified atom stereocenters. The molecule has 0 bridgehead atoms. The summed E-state index contributed by atoms with van der Waals surface area (Å²) in [7, 11) is 0. The van der Waals surface area contributed by atoms with Crippen LogP contribution in [-0.4, -0.2) is 60.2 Å². The summed E-state index contributed by atoms with van der Waals surface area (Å²) in [5.74, 6) is -0.425. The van der Waals surface area contributed by atoms with E-state index in [1.807, 2.05) is 6.92 Å². The molecule has 0 spiro atoms. The molecular weight excluding hydrogens is 222 g/mol. The molecule has 2 aliphatic rings. The largest absolute Gasteiger partial charge is 0.353 e. The van der Waals surface area contributed by atoms with Crippen molar-refractivity contribution in [3.05, 3.63) is 0 Å². The number of piperazine rings is 1. The Morgan fingerprint density at radius 1 is 1.47 bits per heavy atom. The fourth-order valence-electron chi connectivity index (χ4n) is 2.33. The lowest BCUT2D eigenvalue weighted by molar-refractivity contribution is -0.141. The van der Waals surface area contributed by atoms with E-state index in [9.17, 15) is 14.4 Å². The second kappa shape index (κ2) is 4.73. The third-order valence-electron chi connectivity index (χ3n) is 3.30. The summed E-state index contributed by atoms with van der Waals surface area (Å²) in [6, 6.07) is 0. The van der Waals surface area contributed by atoms with E-state index in [1.54, 1.807) is 9.80 Å². The fourth-order valence-corrected chi connectivity index (χ4v) is 2.33. The van der Waals surface area contributed by atoms with E-state index >= 15 is 0 Å². The van der Waals surface area contributed by atoms with Gasteiger partial charge < -0.3 is 15.1 Å². The first kappa shape index (κ1) is 11.9. The van der Waals surface area contributed by atoms with Crippen LogP contribution in [0.1, 0.15) is 13.3 Å². The number of carbonyl (C=O) groups is 3. The van der Waals surface area contributed by atoms with Crippen molar-refractivity contribution < 1.29 is 14.4 Å². The first-order valence-electron chi connectivity index (χ1n) is 5.95. The maximum absolute atomic E-state index is 12.1. The quantitative estimate of drug-likeness (QED) is 0.659. The third kappa shape index (κ3) is 2.40. The zero-order chi connectivity index (χ0) is 12.4. The molecular formula is C11H17N3O3. The molecule has 1 atom stereocenters. The Morgan fingerprint density at radius 2 is 2.24 bits per heavy atom. The second-order valence-corrected chi connectivity index (χ2v) is 4.44. The van der Waals surface area contributed by atoms with Gasteiger partial charge in [-0.2, -0.15) is 0 Å². The van der Waals surface area contributed by atoms with Crippen molar-refractivity contribution >= 4 is 17.7 Å². The molecule has 2 fully saturated rings. The summed E-state index contributed by atoms with van der Waals surface area (Å²) >= 11 is 0. The molecule has 0 aromatic heterocycles. The highest BCUT2D eigenvalue weighted by Gasteiger charge is 2.36. The van der Waals surface area contributed by atoms with Crippen molar-refractivity contribution in [1.82, 2.24) is 15.1 Å². The molecule has 3 amide bonds. The standard InChI is InChI=1S/C11H17N3O3/c1-2-13-6-8(5-10(13)16)11(17)14-4-3-12-9(15)7-14/h8H,2-7H2,1H3,(H,12,15). The number of likely N-dealkylation sites (tertiary alicyclic amines) is 1. The highest BCUT2D eigenvalue weighted by molar-refractivity contribution is 5.92. The predicted molar refractivity (Wildman–Crippen MR) is 60.0 cm³/mol. The van der Waals surface area contributed by atoms with Crippen LogP contribution in [0, 0.1) is 5.92 Å². The van der Waals surface area contributed by atoms with Crippen molar-refractivity contribution in [1.29, 1.82) is 0 Å². The van der Waals surface area contributed by atoms with Gasteiger partial charge >= 0.3 is 0 Å². The van der Waals surface area contributed by atoms with Gasteiger partial charge in [0.1, 0.15) is 0 Å². The molecule has 17 heavy (non-hydrogen) atoms. The van der Waals surface area contributed by atoms with E-state index in [2.05, 4.69) is 5.32 Å². The van der Waals surface area contributed by atoms with Crippen LogP contribution in [0.3, 0.4) is 0 Å². The van der Waals surface area contributed by atoms with E-state index in [0.717, 1.165) is 0 Å². The lowest BCUT2D eigenvalue weighted by Gasteiger charge is -2.28. The summed E-state index contributed by atoms with van der Waals surface area (Å²) in [5, 5.41) is 2.68. The van der Waals surface area contributed by atoms with Crippen molar-refractivity contribution in [2.24, 2.45) is 5.92 Å². The molecule has 2 heterocycles. The topological polar surface area (TPSA) is 69.7 Å². The average molecular weight is 239 g/mol. The van der Waals surface area contributed by atoms with Crippen molar-refractivity contribution in [2.45, 2.75) is 13.3 Å². The first-order valence-corrected chi connectivity index (χ1v) is 5.95. The highest BCUT2D eigenvalue weighted by Crippen LogP contribution is 2.20. The van der Waals surface area contributed by atoms with Crippen LogP contribution in [0.5, 0.6) is 0 Å². The van der Waals surface area contributed by atoms with Gasteiger partial charge in [-0.05, 0) is 6.92 Å². The summed E-state index contributed by atoms with van der Waals surface area (Å²) < 4.78 is 0. The molecule has 0 aromatic rings. The Kier molecular flexibility index (Phi) is 3.31. The number of hydrogen-bond acceptors (Lipinski definition) is 3. The normalized spacial score (nSPS) is 25.1. The number of amides is 3. The van der Waals surface area contributed by atoms with Gasteiger partial charge in [-0.1, -0.05) is 0 Å². The maximum atomic E-state index is 12.1. The van der Waals surface area contributed by atoms with Gasteiger partial charge in [0, 0.05) is 32.6 Å². The Morgan fingerprint density at radius 3 is 2.82 bits per heavy atom. The zero-order valence-electron chi connectivity index (χ0n) is 9.94. The van der Waals surface area contributed by atoms with E-state index in [4.69, 9.17) is 0 Å². The van der Waals surface area contributed by atoms with Crippen LogP contribution in [0.25, 0.3) is 0 Å². The first-order chi connectivity index (χ1) is 8.11. The zero-order valence-corrected chi connectivity index (χ0v) is 9.94. The minimum atomic E-state index is -0.270. The molecule has 2 aliphatic heterocycles. The lowest BCUT2D eigenvalue weighted by Crippen LogP contribution is -2.51. The fraction of sp³-hybridized carbons (Fsp3) is 0.727. The van der Waals surface area contributed by atoms with Crippen LogP contribution in [0.2, 0.25) is 0 Å². The summed E-state index contributed by atoms with van der Waals surface area (Å²) in [6.45, 7) is 4.20. The van der Waals surface area contributed by atoms with Gasteiger partial charge in [0.15, 0.2) is 0 Å². The van der Waals surface area contributed by atoms with Crippen molar-refractivity contribution in [2.75, 3.05) is 32.7 Å². The van der Waals surface area contributed by atoms with Gasteiger partial charge in [-0.25, -0.2) is 0 Å². The number of nitrogens with one attached hydrogen (secondary N) is 1. The van der Waals surface area contributed by atoms with E-state index in [1.165, 1.54) is 0 Å². The molecule has 0 radical (unpaired) electrons. The molecule has 2 saturated heterocycles. The van der Waals surface area contributed by atoms with Crippen LogP contribution in [0.4, 0.5) is 0 Å². The molecule has 1 N–H and O–H groups in total. The summed E-state index contributed by atoms with van der Waals surface area (Å²) in [4.78, 5) is 38.1. The molecule has 0 aliphatic carbocycles. The van der Waals surface area contributed by atoms with Crippen LogP contribution in [-0.2, 0) is 14.4 Å². The lowest BCUT2D eigenvalue weighted by atomic mass is 10.1.